The summed E-state index contributed by atoms with van der Waals surface area (Å²) in [6.07, 6.45) is 2.52. The number of primary amides is 1. The van der Waals surface area contributed by atoms with Crippen molar-refractivity contribution in [3.8, 4) is 0 Å². The number of aliphatic hydroxyl groups excluding tert-OH is 1. The Hall–Kier alpha value is -2.16. The quantitative estimate of drug-likeness (QED) is 0.328. The van der Waals surface area contributed by atoms with Gasteiger partial charge < -0.3 is 26.8 Å². The summed E-state index contributed by atoms with van der Waals surface area (Å²) in [5, 5.41) is 16.6. The molecule has 9 heteroatoms. The molecule has 1 saturated heterocycles. The smallest absolute Gasteiger partial charge is 0.245 e. The Kier molecular flexibility index (Phi) is 7.46. The molecule has 1 heterocycles. The first kappa shape index (κ1) is 18.9. The van der Waals surface area contributed by atoms with Crippen molar-refractivity contribution in [1.82, 2.24) is 16.0 Å². The number of aliphatic hydroxyl groups is 1. The molecule has 0 aromatic rings. The van der Waals surface area contributed by atoms with Gasteiger partial charge >= 0.3 is 0 Å². The van der Waals surface area contributed by atoms with Crippen LogP contribution >= 0.6 is 0 Å². The SMILES string of the molecule is CCCCC(NC(=O)C(CO)NC(=O)C1CCC(=O)N1)C(N)=O. The van der Waals surface area contributed by atoms with Crippen molar-refractivity contribution in [3.05, 3.63) is 0 Å². The largest absolute Gasteiger partial charge is 0.394 e. The summed E-state index contributed by atoms with van der Waals surface area (Å²) < 4.78 is 0. The van der Waals surface area contributed by atoms with Crippen molar-refractivity contribution in [3.63, 3.8) is 0 Å². The third-order valence-electron chi connectivity index (χ3n) is 3.63. The highest BCUT2D eigenvalue weighted by atomic mass is 16.3. The minimum atomic E-state index is -1.21. The van der Waals surface area contributed by atoms with Gasteiger partial charge in [-0.3, -0.25) is 19.2 Å². The van der Waals surface area contributed by atoms with Crippen molar-refractivity contribution in [2.24, 2.45) is 5.73 Å². The van der Waals surface area contributed by atoms with Gasteiger partial charge in [-0.25, -0.2) is 0 Å². The molecule has 0 radical (unpaired) electrons. The molecule has 0 spiro atoms. The summed E-state index contributed by atoms with van der Waals surface area (Å²) in [6.45, 7) is 1.31. The molecule has 0 bridgehead atoms. The van der Waals surface area contributed by atoms with Crippen molar-refractivity contribution < 1.29 is 24.3 Å². The molecule has 4 amide bonds. The lowest BCUT2D eigenvalue weighted by molar-refractivity contribution is -0.133. The van der Waals surface area contributed by atoms with Crippen LogP contribution in [-0.4, -0.2) is 53.5 Å². The van der Waals surface area contributed by atoms with E-state index in [-0.39, 0.29) is 12.3 Å². The minimum absolute atomic E-state index is 0.233. The average Bonchev–Trinajstić information content (AvgIpc) is 2.94. The Morgan fingerprint density at radius 3 is 2.52 bits per heavy atom. The number of hydrogen-bond acceptors (Lipinski definition) is 5. The molecule has 0 aromatic heterocycles. The standard InChI is InChI=1S/C14H24N4O5/c1-2-3-4-8(12(15)21)17-14(23)10(7-19)18-13(22)9-5-6-11(20)16-9/h8-10,19H,2-7H2,1H3,(H2,15,21)(H,16,20)(H,17,23)(H,18,22). The molecule has 0 aliphatic carbocycles. The van der Waals surface area contributed by atoms with Crippen LogP contribution in [0.25, 0.3) is 0 Å². The summed E-state index contributed by atoms with van der Waals surface area (Å²) in [7, 11) is 0. The van der Waals surface area contributed by atoms with Crippen molar-refractivity contribution >= 4 is 23.6 Å². The number of rotatable bonds is 9. The minimum Gasteiger partial charge on any atom is -0.394 e. The summed E-state index contributed by atoms with van der Waals surface area (Å²) >= 11 is 0. The van der Waals surface area contributed by atoms with E-state index in [1.807, 2.05) is 6.92 Å². The second-order valence-electron chi connectivity index (χ2n) is 5.51. The van der Waals surface area contributed by atoms with Crippen LogP contribution in [0, 0.1) is 0 Å². The second-order valence-corrected chi connectivity index (χ2v) is 5.51. The maximum atomic E-state index is 12.1. The third kappa shape index (κ3) is 5.85. The van der Waals surface area contributed by atoms with E-state index in [2.05, 4.69) is 16.0 Å². The fourth-order valence-corrected chi connectivity index (χ4v) is 2.24. The maximum absolute atomic E-state index is 12.1. The zero-order valence-electron chi connectivity index (χ0n) is 13.1. The van der Waals surface area contributed by atoms with Crippen LogP contribution in [-0.2, 0) is 19.2 Å². The van der Waals surface area contributed by atoms with Crippen LogP contribution in [0.4, 0.5) is 0 Å². The number of amides is 4. The Morgan fingerprint density at radius 1 is 1.35 bits per heavy atom. The zero-order valence-corrected chi connectivity index (χ0v) is 13.1. The topological polar surface area (TPSA) is 151 Å². The number of carbonyl (C=O) groups excluding carboxylic acids is 4. The molecule has 1 fully saturated rings. The molecule has 1 aliphatic heterocycles. The van der Waals surface area contributed by atoms with Gasteiger partial charge in [0.1, 0.15) is 18.1 Å². The summed E-state index contributed by atoms with van der Waals surface area (Å²) in [5.41, 5.74) is 5.23. The fraction of sp³-hybridized carbons (Fsp3) is 0.714. The van der Waals surface area contributed by atoms with Gasteiger partial charge in [0.2, 0.25) is 23.6 Å². The molecule has 6 N–H and O–H groups in total. The van der Waals surface area contributed by atoms with Crippen LogP contribution in [0.2, 0.25) is 0 Å². The van der Waals surface area contributed by atoms with Crippen molar-refractivity contribution in [2.45, 2.75) is 57.2 Å². The normalized spacial score (nSPS) is 19.6. The van der Waals surface area contributed by atoms with Crippen LogP contribution < -0.4 is 21.7 Å². The Balaban J connectivity index is 2.57. The lowest BCUT2D eigenvalue weighted by Gasteiger charge is -2.21. The maximum Gasteiger partial charge on any atom is 0.245 e. The first-order valence-corrected chi connectivity index (χ1v) is 7.69. The average molecular weight is 328 g/mol. The molecule has 3 atom stereocenters. The summed E-state index contributed by atoms with van der Waals surface area (Å²) in [4.78, 5) is 46.5. The predicted molar refractivity (Wildman–Crippen MR) is 80.8 cm³/mol. The second kappa shape index (κ2) is 9.09. The van der Waals surface area contributed by atoms with Gasteiger partial charge in [0.05, 0.1) is 6.61 Å². The summed E-state index contributed by atoms with van der Waals surface area (Å²) in [6, 6.07) is -2.76. The number of carbonyl (C=O) groups is 4. The van der Waals surface area contributed by atoms with E-state index >= 15 is 0 Å². The molecule has 0 saturated carbocycles. The van der Waals surface area contributed by atoms with E-state index in [0.717, 1.165) is 6.42 Å². The van der Waals surface area contributed by atoms with Crippen LogP contribution in [0.1, 0.15) is 39.0 Å². The molecule has 130 valence electrons. The third-order valence-corrected chi connectivity index (χ3v) is 3.63. The monoisotopic (exact) mass is 328 g/mol. The van der Waals surface area contributed by atoms with E-state index < -0.39 is 42.5 Å². The predicted octanol–water partition coefficient (Wildman–Crippen LogP) is -2.10. The van der Waals surface area contributed by atoms with Crippen LogP contribution in [0.5, 0.6) is 0 Å². The van der Waals surface area contributed by atoms with E-state index in [9.17, 15) is 24.3 Å². The highest BCUT2D eigenvalue weighted by Crippen LogP contribution is 2.07. The van der Waals surface area contributed by atoms with Gasteiger partial charge in [-0.1, -0.05) is 19.8 Å². The molecule has 0 aromatic carbocycles. The van der Waals surface area contributed by atoms with E-state index in [1.165, 1.54) is 0 Å². The number of nitrogens with two attached hydrogens (primary N) is 1. The van der Waals surface area contributed by atoms with Crippen molar-refractivity contribution in [1.29, 1.82) is 0 Å². The molecule has 1 aliphatic rings. The molecular weight excluding hydrogens is 304 g/mol. The number of unbranched alkanes of at least 4 members (excludes halogenated alkanes) is 1. The molecule has 9 nitrogen and oxygen atoms in total. The first-order valence-electron chi connectivity index (χ1n) is 7.69. The van der Waals surface area contributed by atoms with E-state index in [0.29, 0.717) is 19.3 Å². The van der Waals surface area contributed by atoms with Crippen LogP contribution in [0.15, 0.2) is 0 Å². The first-order chi connectivity index (χ1) is 10.9. The highest BCUT2D eigenvalue weighted by Gasteiger charge is 2.31. The molecule has 1 rings (SSSR count). The van der Waals surface area contributed by atoms with Gasteiger partial charge in [-0.2, -0.15) is 0 Å². The highest BCUT2D eigenvalue weighted by molar-refractivity contribution is 5.95. The van der Waals surface area contributed by atoms with Crippen molar-refractivity contribution in [2.75, 3.05) is 6.61 Å². The van der Waals surface area contributed by atoms with Crippen LogP contribution in [0.3, 0.4) is 0 Å². The molecule has 23 heavy (non-hydrogen) atoms. The lowest BCUT2D eigenvalue weighted by Crippen LogP contribution is -2.56. The fourth-order valence-electron chi connectivity index (χ4n) is 2.24. The van der Waals surface area contributed by atoms with Gasteiger partial charge in [0.15, 0.2) is 0 Å². The van der Waals surface area contributed by atoms with Gasteiger partial charge in [-0.15, -0.1) is 0 Å². The van der Waals surface area contributed by atoms with E-state index in [1.54, 1.807) is 0 Å². The molecule has 3 unspecified atom stereocenters. The lowest BCUT2D eigenvalue weighted by atomic mass is 10.1. The van der Waals surface area contributed by atoms with E-state index in [4.69, 9.17) is 5.73 Å². The van der Waals surface area contributed by atoms with Gasteiger partial charge in [-0.05, 0) is 12.8 Å². The Labute approximate surface area is 134 Å². The molecular formula is C14H24N4O5. The zero-order chi connectivity index (χ0) is 17.4. The van der Waals surface area contributed by atoms with Gasteiger partial charge in [0, 0.05) is 6.42 Å². The Morgan fingerprint density at radius 2 is 2.04 bits per heavy atom. The van der Waals surface area contributed by atoms with Gasteiger partial charge in [0.25, 0.3) is 0 Å². The summed E-state index contributed by atoms with van der Waals surface area (Å²) in [5.74, 6) is -2.14. The number of nitrogens with one attached hydrogen (secondary N) is 3. The number of hydrogen-bond donors (Lipinski definition) is 5. The Bertz CT molecular complexity index is 468.